The predicted molar refractivity (Wildman–Crippen MR) is 122 cm³/mol. The van der Waals surface area contributed by atoms with Crippen LogP contribution in [-0.2, 0) is 10.0 Å². The van der Waals surface area contributed by atoms with Gasteiger partial charge in [-0.2, -0.15) is 0 Å². The van der Waals surface area contributed by atoms with E-state index in [0.717, 1.165) is 5.56 Å². The number of sulfonamides is 1. The van der Waals surface area contributed by atoms with Crippen molar-refractivity contribution in [3.8, 4) is 11.5 Å². The van der Waals surface area contributed by atoms with Gasteiger partial charge in [0.05, 0.1) is 29.0 Å². The third-order valence-electron chi connectivity index (χ3n) is 4.90. The third-order valence-corrected chi connectivity index (χ3v) is 6.34. The molecule has 0 bridgehead atoms. The molecule has 3 N–H and O–H groups in total. The van der Waals surface area contributed by atoms with E-state index in [2.05, 4.69) is 14.7 Å². The molecule has 10 heteroatoms. The Morgan fingerprint density at radius 2 is 1.62 bits per heavy atom. The molecule has 0 saturated carbocycles. The molecule has 0 aliphatic heterocycles. The van der Waals surface area contributed by atoms with E-state index < -0.39 is 27.3 Å². The Balaban J connectivity index is 2.00. The summed E-state index contributed by atoms with van der Waals surface area (Å²) < 4.78 is 40.3. The zero-order chi connectivity index (χ0) is 23.5. The molecule has 3 rings (SSSR count). The van der Waals surface area contributed by atoms with Gasteiger partial charge in [-0.1, -0.05) is 19.9 Å². The number of H-pyrrole nitrogens is 2. The Hall–Kier alpha value is -3.11. The Morgan fingerprint density at radius 1 is 0.938 bits per heavy atom. The molecule has 1 atom stereocenters. The van der Waals surface area contributed by atoms with E-state index >= 15 is 0 Å². The standard InChI is InChI=1S/C22H27N3O6S/c1-5-30-18-10-7-14(11-19(18)31-6-2)20(13(3)4)25-32(28,29)15-8-9-17-16(12-15)21(26)24-22(27)23-17/h7-13,20,25H,5-6H2,1-4H3,(H2,23,24,26,27). The topological polar surface area (TPSA) is 130 Å². The molecule has 0 aliphatic carbocycles. The first-order valence-electron chi connectivity index (χ1n) is 10.3. The van der Waals surface area contributed by atoms with Crippen LogP contribution in [0.1, 0.15) is 39.3 Å². The van der Waals surface area contributed by atoms with Gasteiger partial charge in [-0.3, -0.25) is 9.78 Å². The number of nitrogens with one attached hydrogen (secondary N) is 3. The Labute approximate surface area is 185 Å². The first kappa shape index (κ1) is 23.6. The summed E-state index contributed by atoms with van der Waals surface area (Å²) >= 11 is 0. The van der Waals surface area contributed by atoms with Crippen molar-refractivity contribution in [1.29, 1.82) is 0 Å². The number of benzene rings is 2. The molecule has 0 amide bonds. The van der Waals surface area contributed by atoms with Gasteiger partial charge >= 0.3 is 5.69 Å². The first-order chi connectivity index (χ1) is 15.2. The zero-order valence-electron chi connectivity index (χ0n) is 18.4. The van der Waals surface area contributed by atoms with Crippen molar-refractivity contribution in [2.75, 3.05) is 13.2 Å². The molecule has 0 radical (unpaired) electrons. The van der Waals surface area contributed by atoms with Crippen LogP contribution < -0.4 is 25.4 Å². The second-order valence-electron chi connectivity index (χ2n) is 7.53. The number of hydrogen-bond acceptors (Lipinski definition) is 6. The fraction of sp³-hybridized carbons (Fsp3) is 0.364. The van der Waals surface area contributed by atoms with E-state index in [4.69, 9.17) is 9.47 Å². The van der Waals surface area contributed by atoms with Crippen molar-refractivity contribution in [1.82, 2.24) is 14.7 Å². The molecule has 0 spiro atoms. The number of ether oxygens (including phenoxy) is 2. The van der Waals surface area contributed by atoms with Crippen LogP contribution >= 0.6 is 0 Å². The van der Waals surface area contributed by atoms with Crippen molar-refractivity contribution >= 4 is 20.9 Å². The van der Waals surface area contributed by atoms with Gasteiger partial charge in [0, 0.05) is 6.04 Å². The molecule has 32 heavy (non-hydrogen) atoms. The maximum Gasteiger partial charge on any atom is 0.326 e. The van der Waals surface area contributed by atoms with Crippen LogP contribution in [0.25, 0.3) is 10.9 Å². The van der Waals surface area contributed by atoms with E-state index in [1.165, 1.54) is 18.2 Å². The monoisotopic (exact) mass is 461 g/mol. The molecular formula is C22H27N3O6S. The summed E-state index contributed by atoms with van der Waals surface area (Å²) in [6.45, 7) is 8.46. The lowest BCUT2D eigenvalue weighted by Crippen LogP contribution is -2.32. The third kappa shape index (κ3) is 5.03. The quantitative estimate of drug-likeness (QED) is 0.449. The molecule has 1 unspecified atom stereocenters. The predicted octanol–water partition coefficient (Wildman–Crippen LogP) is 2.69. The summed E-state index contributed by atoms with van der Waals surface area (Å²) in [5.74, 6) is 1.04. The lowest BCUT2D eigenvalue weighted by Gasteiger charge is -2.24. The molecule has 1 aromatic heterocycles. The highest BCUT2D eigenvalue weighted by atomic mass is 32.2. The highest BCUT2D eigenvalue weighted by Crippen LogP contribution is 2.33. The molecule has 0 aliphatic rings. The van der Waals surface area contributed by atoms with Gasteiger partial charge in [0.1, 0.15) is 0 Å². The largest absolute Gasteiger partial charge is 0.490 e. The van der Waals surface area contributed by atoms with E-state index in [-0.39, 0.29) is 21.7 Å². The van der Waals surface area contributed by atoms with Crippen molar-refractivity contribution in [3.05, 3.63) is 62.8 Å². The van der Waals surface area contributed by atoms with E-state index in [0.29, 0.717) is 24.7 Å². The van der Waals surface area contributed by atoms with Crippen molar-refractivity contribution < 1.29 is 17.9 Å². The molecule has 9 nitrogen and oxygen atoms in total. The molecule has 172 valence electrons. The molecule has 0 fully saturated rings. The summed E-state index contributed by atoms with van der Waals surface area (Å²) in [4.78, 5) is 28.0. The lowest BCUT2D eigenvalue weighted by molar-refractivity contribution is 0.287. The van der Waals surface area contributed by atoms with Crippen molar-refractivity contribution in [2.45, 2.75) is 38.6 Å². The SMILES string of the molecule is CCOc1ccc(C(NS(=O)(=O)c2ccc3[nH]c(=O)[nH]c(=O)c3c2)C(C)C)cc1OCC. The van der Waals surface area contributed by atoms with Crippen LogP contribution in [0.5, 0.6) is 11.5 Å². The van der Waals surface area contributed by atoms with Crippen LogP contribution in [0.2, 0.25) is 0 Å². The van der Waals surface area contributed by atoms with Crippen LogP contribution in [0.15, 0.2) is 50.9 Å². The first-order valence-corrected chi connectivity index (χ1v) is 11.8. The van der Waals surface area contributed by atoms with Gasteiger partial charge in [0.25, 0.3) is 5.56 Å². The summed E-state index contributed by atoms with van der Waals surface area (Å²) in [5, 5.41) is 0.0771. The van der Waals surface area contributed by atoms with Crippen LogP contribution in [-0.4, -0.2) is 31.6 Å². The molecular weight excluding hydrogens is 434 g/mol. The number of fused-ring (bicyclic) bond motifs is 1. The van der Waals surface area contributed by atoms with Gasteiger partial charge in [-0.25, -0.2) is 17.9 Å². The van der Waals surface area contributed by atoms with E-state index in [9.17, 15) is 18.0 Å². The lowest BCUT2D eigenvalue weighted by atomic mass is 9.97. The Bertz CT molecular complexity index is 1330. The second-order valence-corrected chi connectivity index (χ2v) is 9.24. The average Bonchev–Trinajstić information content (AvgIpc) is 2.73. The number of rotatable bonds is 9. The van der Waals surface area contributed by atoms with Gasteiger partial charge in [0.2, 0.25) is 10.0 Å². The van der Waals surface area contributed by atoms with Gasteiger partial charge in [-0.15, -0.1) is 0 Å². The maximum absolute atomic E-state index is 13.2. The van der Waals surface area contributed by atoms with Gasteiger partial charge < -0.3 is 14.5 Å². The summed E-state index contributed by atoms with van der Waals surface area (Å²) in [7, 11) is -3.98. The molecule has 3 aromatic rings. The minimum atomic E-state index is -3.98. The van der Waals surface area contributed by atoms with Crippen molar-refractivity contribution in [2.24, 2.45) is 5.92 Å². The Morgan fingerprint density at radius 3 is 2.28 bits per heavy atom. The van der Waals surface area contributed by atoms with Gasteiger partial charge in [0.15, 0.2) is 11.5 Å². The fourth-order valence-corrected chi connectivity index (χ4v) is 4.80. The fourth-order valence-electron chi connectivity index (χ4n) is 3.40. The highest BCUT2D eigenvalue weighted by molar-refractivity contribution is 7.89. The molecule has 1 heterocycles. The molecule has 0 saturated heterocycles. The minimum absolute atomic E-state index is 0.0771. The highest BCUT2D eigenvalue weighted by Gasteiger charge is 2.25. The number of aromatic amines is 2. The number of hydrogen-bond donors (Lipinski definition) is 3. The zero-order valence-corrected chi connectivity index (χ0v) is 19.2. The van der Waals surface area contributed by atoms with Gasteiger partial charge in [-0.05, 0) is 55.7 Å². The molecule has 2 aromatic carbocycles. The van der Waals surface area contributed by atoms with Crippen molar-refractivity contribution in [3.63, 3.8) is 0 Å². The van der Waals surface area contributed by atoms with E-state index in [1.807, 2.05) is 27.7 Å². The minimum Gasteiger partial charge on any atom is -0.490 e. The second kappa shape index (κ2) is 9.58. The van der Waals surface area contributed by atoms with E-state index in [1.54, 1.807) is 18.2 Å². The smallest absolute Gasteiger partial charge is 0.326 e. The summed E-state index contributed by atoms with van der Waals surface area (Å²) in [6, 6.07) is 8.77. The normalized spacial score (nSPS) is 12.8. The average molecular weight is 462 g/mol. The van der Waals surface area contributed by atoms with Crippen LogP contribution in [0, 0.1) is 5.92 Å². The van der Waals surface area contributed by atoms with Crippen LogP contribution in [0.3, 0.4) is 0 Å². The van der Waals surface area contributed by atoms with Crippen LogP contribution in [0.4, 0.5) is 0 Å². The number of aromatic nitrogens is 2. The summed E-state index contributed by atoms with van der Waals surface area (Å²) in [5.41, 5.74) is -0.338. The Kier molecular flexibility index (Phi) is 7.05. The summed E-state index contributed by atoms with van der Waals surface area (Å²) in [6.07, 6.45) is 0. The maximum atomic E-state index is 13.2.